The molecule has 163 valence electrons. The first-order valence-corrected chi connectivity index (χ1v) is 9.55. The molecule has 9 nitrogen and oxygen atoms in total. The van der Waals surface area contributed by atoms with Crippen molar-refractivity contribution in [3.8, 4) is 0 Å². The fourth-order valence-corrected chi connectivity index (χ4v) is 3.25. The zero-order chi connectivity index (χ0) is 20.6. The molecule has 2 aromatic rings. The van der Waals surface area contributed by atoms with E-state index < -0.39 is 11.9 Å². The van der Waals surface area contributed by atoms with Gasteiger partial charge >= 0.3 is 11.9 Å². The maximum Gasteiger partial charge on any atom is 0.354 e. The Morgan fingerprint density at radius 3 is 1.63 bits per heavy atom. The molecular weight excluding hydrogens is 533 g/mol. The summed E-state index contributed by atoms with van der Waals surface area (Å²) in [5.41, 5.74) is 1.56. The molecule has 0 unspecified atom stereocenters. The molecule has 3 N–H and O–H groups in total. The molecule has 3 heterocycles. The quantitative estimate of drug-likeness (QED) is 0.473. The Labute approximate surface area is 205 Å². The van der Waals surface area contributed by atoms with Gasteiger partial charge in [0.1, 0.15) is 11.4 Å². The van der Waals surface area contributed by atoms with Gasteiger partial charge in [0.2, 0.25) is 0 Å². The number of rotatable bonds is 6. The van der Waals surface area contributed by atoms with Crippen LogP contribution in [0.2, 0.25) is 0 Å². The number of carboxylic acids is 2. The van der Waals surface area contributed by atoms with Crippen molar-refractivity contribution in [1.82, 2.24) is 25.1 Å². The van der Waals surface area contributed by atoms with Gasteiger partial charge in [-0.3, -0.25) is 9.80 Å². The van der Waals surface area contributed by atoms with Gasteiger partial charge in [-0.2, -0.15) is 0 Å². The van der Waals surface area contributed by atoms with Crippen LogP contribution in [0.3, 0.4) is 0 Å². The van der Waals surface area contributed by atoms with Crippen molar-refractivity contribution in [2.45, 2.75) is 13.1 Å². The summed E-state index contributed by atoms with van der Waals surface area (Å²) in [5, 5.41) is 21.7. The molecule has 0 atom stereocenters. The number of pyridine rings is 2. The predicted octanol–water partition coefficient (Wildman–Crippen LogP) is 0.780. The number of nitrogens with zero attached hydrogens (tertiary/aromatic N) is 4. The van der Waals surface area contributed by atoms with E-state index in [1.165, 1.54) is 12.1 Å². The molecule has 3 rings (SSSR count). The molecule has 1 aliphatic heterocycles. The number of aromatic nitrogens is 2. The van der Waals surface area contributed by atoms with Crippen LogP contribution in [0.25, 0.3) is 0 Å². The second kappa shape index (κ2) is 12.3. The van der Waals surface area contributed by atoms with Crippen LogP contribution in [-0.4, -0.2) is 81.2 Å². The second-order valence-electron chi connectivity index (χ2n) is 6.94. The average molecular weight is 558 g/mol. The Hall–Kier alpha value is -1.59. The standard InChI is InChI=1S/C20H25N5O4.Tb/c26-19(27)17-5-1-3-15(22-17)13-24-9-7-21-8-10-25(12-11-24)14-16-4-2-6-18(23-16)20(28)29;/h1-6,21H,7-14H2,(H,26,27)(H,28,29);. The van der Waals surface area contributed by atoms with Crippen molar-refractivity contribution in [2.24, 2.45) is 0 Å². The molecule has 0 spiro atoms. The maximum absolute atomic E-state index is 11.1. The minimum atomic E-state index is -1.03. The van der Waals surface area contributed by atoms with Gasteiger partial charge in [0.15, 0.2) is 0 Å². The van der Waals surface area contributed by atoms with E-state index in [-0.39, 0.29) is 50.0 Å². The Morgan fingerprint density at radius 1 is 0.800 bits per heavy atom. The first kappa shape index (κ1) is 24.7. The molecule has 1 aliphatic rings. The SMILES string of the molecule is O=C(O)c1cccc(CN2CCNCCN(Cc3cccc(C(=O)O)n3)CC2)n1.[Tb]. The van der Waals surface area contributed by atoms with Crippen LogP contribution in [0.5, 0.6) is 0 Å². The van der Waals surface area contributed by atoms with Crippen molar-refractivity contribution in [3.05, 3.63) is 59.2 Å². The number of carbonyl (C=O) groups is 2. The van der Waals surface area contributed by atoms with E-state index in [1.54, 1.807) is 12.1 Å². The number of hydrogen-bond donors (Lipinski definition) is 3. The summed E-state index contributed by atoms with van der Waals surface area (Å²) in [5.74, 6) is -2.06. The van der Waals surface area contributed by atoms with Crippen LogP contribution in [0.1, 0.15) is 32.4 Å². The Morgan fingerprint density at radius 2 is 1.23 bits per heavy atom. The van der Waals surface area contributed by atoms with Gasteiger partial charge in [0.05, 0.1) is 11.4 Å². The third-order valence-corrected chi connectivity index (χ3v) is 4.77. The Balaban J connectivity index is 0.00000320. The summed E-state index contributed by atoms with van der Waals surface area (Å²) in [6.45, 7) is 6.06. The molecule has 0 aliphatic carbocycles. The minimum Gasteiger partial charge on any atom is -0.477 e. The molecule has 0 saturated carbocycles. The summed E-state index contributed by atoms with van der Waals surface area (Å²) < 4.78 is 0. The van der Waals surface area contributed by atoms with Crippen molar-refractivity contribution >= 4 is 11.9 Å². The zero-order valence-electron chi connectivity index (χ0n) is 16.5. The van der Waals surface area contributed by atoms with Gasteiger partial charge in [0, 0.05) is 91.0 Å². The third kappa shape index (κ3) is 7.58. The number of aromatic carboxylic acids is 2. The molecular formula is C20H25N5O4Tb. The van der Waals surface area contributed by atoms with E-state index >= 15 is 0 Å². The van der Waals surface area contributed by atoms with Crippen LogP contribution < -0.4 is 5.32 Å². The Kier molecular flexibility index (Phi) is 10.1. The predicted molar refractivity (Wildman–Crippen MR) is 106 cm³/mol. The van der Waals surface area contributed by atoms with Gasteiger partial charge in [-0.15, -0.1) is 0 Å². The molecule has 1 fully saturated rings. The second-order valence-corrected chi connectivity index (χ2v) is 6.94. The number of carboxylic acid groups (broad SMARTS) is 2. The average Bonchev–Trinajstić information content (AvgIpc) is 2.81. The van der Waals surface area contributed by atoms with Crippen molar-refractivity contribution < 1.29 is 58.4 Å². The first-order valence-electron chi connectivity index (χ1n) is 9.55. The molecule has 10 heteroatoms. The van der Waals surface area contributed by atoms with E-state index in [0.29, 0.717) is 13.1 Å². The monoisotopic (exact) mass is 558 g/mol. The molecule has 0 aromatic carbocycles. The molecule has 1 radical (unpaired) electrons. The zero-order valence-corrected chi connectivity index (χ0v) is 18.6. The van der Waals surface area contributed by atoms with Crippen LogP contribution in [-0.2, 0) is 13.1 Å². The molecule has 0 amide bonds. The largest absolute Gasteiger partial charge is 0.477 e. The molecule has 30 heavy (non-hydrogen) atoms. The normalized spacial score (nSPS) is 16.0. The molecule has 0 bridgehead atoms. The Bertz CT molecular complexity index is 797. The van der Waals surface area contributed by atoms with Crippen molar-refractivity contribution in [3.63, 3.8) is 0 Å². The van der Waals surface area contributed by atoms with Crippen molar-refractivity contribution in [1.29, 1.82) is 0 Å². The van der Waals surface area contributed by atoms with Gasteiger partial charge in [-0.25, -0.2) is 19.6 Å². The summed E-state index contributed by atoms with van der Waals surface area (Å²) in [4.78, 5) is 35.2. The van der Waals surface area contributed by atoms with E-state index in [9.17, 15) is 9.59 Å². The summed E-state index contributed by atoms with van der Waals surface area (Å²) in [6, 6.07) is 10.1. The molecule has 2 aromatic heterocycles. The third-order valence-electron chi connectivity index (χ3n) is 4.77. The fourth-order valence-electron chi connectivity index (χ4n) is 3.25. The van der Waals surface area contributed by atoms with E-state index in [1.807, 2.05) is 12.1 Å². The van der Waals surface area contributed by atoms with Crippen LogP contribution >= 0.6 is 0 Å². The van der Waals surface area contributed by atoms with Crippen LogP contribution in [0.15, 0.2) is 36.4 Å². The first-order chi connectivity index (χ1) is 14.0. The van der Waals surface area contributed by atoms with E-state index in [4.69, 9.17) is 10.2 Å². The van der Waals surface area contributed by atoms with Gasteiger partial charge in [-0.1, -0.05) is 12.1 Å². The van der Waals surface area contributed by atoms with Crippen molar-refractivity contribution in [2.75, 3.05) is 39.3 Å². The van der Waals surface area contributed by atoms with Gasteiger partial charge in [-0.05, 0) is 24.3 Å². The van der Waals surface area contributed by atoms with Gasteiger partial charge in [0.25, 0.3) is 0 Å². The summed E-state index contributed by atoms with van der Waals surface area (Å²) in [6.07, 6.45) is 0. The maximum atomic E-state index is 11.1. The number of nitrogens with one attached hydrogen (secondary N) is 1. The van der Waals surface area contributed by atoms with Crippen LogP contribution in [0, 0.1) is 38.6 Å². The van der Waals surface area contributed by atoms with Crippen LogP contribution in [0.4, 0.5) is 0 Å². The smallest absolute Gasteiger partial charge is 0.354 e. The van der Waals surface area contributed by atoms with Gasteiger partial charge < -0.3 is 15.5 Å². The molecule has 1 saturated heterocycles. The topological polar surface area (TPSA) is 119 Å². The summed E-state index contributed by atoms with van der Waals surface area (Å²) >= 11 is 0. The van der Waals surface area contributed by atoms with E-state index in [0.717, 1.165) is 50.7 Å². The minimum absolute atomic E-state index is 0. The number of hydrogen-bond acceptors (Lipinski definition) is 7. The summed E-state index contributed by atoms with van der Waals surface area (Å²) in [7, 11) is 0. The fraction of sp³-hybridized carbons (Fsp3) is 0.400. The van der Waals surface area contributed by atoms with E-state index in [2.05, 4.69) is 25.1 Å².